The van der Waals surface area contributed by atoms with Crippen LogP contribution in [0.15, 0.2) is 150 Å². The van der Waals surface area contributed by atoms with Crippen LogP contribution in [0.4, 0.5) is 16.2 Å². The minimum atomic E-state index is -0.413. The molecular formula is C44H30BNO3. The van der Waals surface area contributed by atoms with E-state index in [1.54, 1.807) is 0 Å². The summed E-state index contributed by atoms with van der Waals surface area (Å²) in [6.07, 6.45) is -0.402. The molecule has 0 unspecified atom stereocenters. The van der Waals surface area contributed by atoms with Gasteiger partial charge in [0.1, 0.15) is 16.9 Å². The number of fused-ring (bicyclic) bond motifs is 5. The first-order valence-corrected chi connectivity index (χ1v) is 16.8. The summed E-state index contributed by atoms with van der Waals surface area (Å²) in [5.74, 6) is 0.637. The monoisotopic (exact) mass is 631 g/mol. The van der Waals surface area contributed by atoms with Gasteiger partial charge in [-0.15, -0.1) is 0 Å². The average molecular weight is 632 g/mol. The molecule has 0 spiro atoms. The molecule has 4 nitrogen and oxygen atoms in total. The van der Waals surface area contributed by atoms with E-state index in [1.807, 2.05) is 35.2 Å². The predicted molar refractivity (Wildman–Crippen MR) is 201 cm³/mol. The number of benzene rings is 7. The molecule has 5 heteroatoms. The Hall–Kier alpha value is -6.07. The van der Waals surface area contributed by atoms with Crippen molar-refractivity contribution in [3.05, 3.63) is 157 Å². The third-order valence-electron chi connectivity index (χ3n) is 10.7. The van der Waals surface area contributed by atoms with Gasteiger partial charge in [-0.2, -0.15) is 0 Å². The SMILES string of the molecule is CC(C)(c1ccccc1)c1ccc2ccc3c4c2c1OC(=O)N4c1cc2c(cc1B3c1ccccc1-c1ccccc1)oc1ccccc12. The maximum atomic E-state index is 14.5. The number of furan rings is 1. The zero-order valence-electron chi connectivity index (χ0n) is 27.1. The number of nitrogens with zero attached hydrogens (tertiary/aromatic N) is 1. The first kappa shape index (κ1) is 28.0. The van der Waals surface area contributed by atoms with Crippen LogP contribution in [0.25, 0.3) is 43.8 Å². The summed E-state index contributed by atoms with van der Waals surface area (Å²) >= 11 is 0. The molecular weight excluding hydrogens is 601 g/mol. The van der Waals surface area contributed by atoms with Crippen molar-refractivity contribution in [2.45, 2.75) is 19.3 Å². The van der Waals surface area contributed by atoms with Gasteiger partial charge < -0.3 is 9.15 Å². The van der Waals surface area contributed by atoms with E-state index in [4.69, 9.17) is 9.15 Å². The van der Waals surface area contributed by atoms with Gasteiger partial charge in [0.15, 0.2) is 0 Å². The van der Waals surface area contributed by atoms with Crippen LogP contribution in [0.5, 0.6) is 5.75 Å². The van der Waals surface area contributed by atoms with Crippen LogP contribution >= 0.6 is 0 Å². The van der Waals surface area contributed by atoms with Crippen molar-refractivity contribution in [3.63, 3.8) is 0 Å². The summed E-state index contributed by atoms with van der Waals surface area (Å²) in [6, 6.07) is 50.6. The van der Waals surface area contributed by atoms with Crippen molar-refractivity contribution < 1.29 is 13.9 Å². The highest BCUT2D eigenvalue weighted by molar-refractivity contribution is 6.99. The van der Waals surface area contributed by atoms with Gasteiger partial charge in [0.25, 0.3) is 0 Å². The minimum Gasteiger partial charge on any atom is -0.456 e. The molecule has 232 valence electrons. The molecule has 0 saturated heterocycles. The second kappa shape index (κ2) is 10.2. The van der Waals surface area contributed by atoms with Crippen LogP contribution in [0.1, 0.15) is 25.0 Å². The Labute approximate surface area is 284 Å². The lowest BCUT2D eigenvalue weighted by Crippen LogP contribution is -2.60. The second-order valence-corrected chi connectivity index (χ2v) is 13.6. The van der Waals surface area contributed by atoms with Crippen LogP contribution in [0.2, 0.25) is 0 Å². The molecule has 0 bridgehead atoms. The third kappa shape index (κ3) is 3.96. The zero-order valence-corrected chi connectivity index (χ0v) is 27.1. The van der Waals surface area contributed by atoms with E-state index in [1.165, 1.54) is 5.46 Å². The fraction of sp³-hybridized carbons (Fsp3) is 0.0682. The lowest BCUT2D eigenvalue weighted by atomic mass is 9.34. The second-order valence-electron chi connectivity index (χ2n) is 13.6. The minimum absolute atomic E-state index is 0.177. The van der Waals surface area contributed by atoms with Crippen LogP contribution in [-0.4, -0.2) is 12.8 Å². The molecule has 0 atom stereocenters. The highest BCUT2D eigenvalue weighted by Gasteiger charge is 2.44. The van der Waals surface area contributed by atoms with E-state index >= 15 is 0 Å². The predicted octanol–water partition coefficient (Wildman–Crippen LogP) is 9.21. The Kier molecular flexibility index (Phi) is 5.84. The number of hydrogen-bond acceptors (Lipinski definition) is 3. The van der Waals surface area contributed by atoms with Crippen LogP contribution < -0.4 is 26.0 Å². The Bertz CT molecular complexity index is 2640. The summed E-state index contributed by atoms with van der Waals surface area (Å²) in [4.78, 5) is 16.3. The van der Waals surface area contributed by atoms with E-state index in [2.05, 4.69) is 129 Å². The number of carbonyl (C=O) groups excluding carboxylic acids is 1. The largest absolute Gasteiger partial charge is 0.456 e. The molecule has 8 aromatic rings. The van der Waals surface area contributed by atoms with Gasteiger partial charge >= 0.3 is 6.09 Å². The van der Waals surface area contributed by atoms with Crippen molar-refractivity contribution in [1.82, 2.24) is 0 Å². The molecule has 3 heterocycles. The van der Waals surface area contributed by atoms with E-state index in [0.717, 1.165) is 77.3 Å². The summed E-state index contributed by atoms with van der Waals surface area (Å²) in [5.41, 5.74) is 10.6. The standard InChI is InChI=1S/C44H30BNO3/c1-44(2,29-15-7-4-8-16-29)33-23-21-28-22-24-35-41-40(28)42(33)49-43(47)46(41)37-25-32-31-18-10-12-20-38(31)48-39(32)26-36(37)45(35)34-19-11-9-17-30(34)27-13-5-3-6-14-27/h3-26H,1-2H3. The fourth-order valence-corrected chi connectivity index (χ4v) is 8.24. The van der Waals surface area contributed by atoms with Gasteiger partial charge in [0.05, 0.1) is 5.69 Å². The number of ether oxygens (including phenoxy) is 1. The third-order valence-corrected chi connectivity index (χ3v) is 10.7. The number of anilines is 2. The van der Waals surface area contributed by atoms with Gasteiger partial charge in [-0.1, -0.05) is 147 Å². The fourth-order valence-electron chi connectivity index (χ4n) is 8.24. The molecule has 0 saturated carbocycles. The van der Waals surface area contributed by atoms with Gasteiger partial charge in [-0.3, -0.25) is 0 Å². The summed E-state index contributed by atoms with van der Waals surface area (Å²) in [6.45, 7) is 4.22. The first-order chi connectivity index (χ1) is 24.0. The Morgan fingerprint density at radius 1 is 0.633 bits per heavy atom. The zero-order chi connectivity index (χ0) is 32.9. The average Bonchev–Trinajstić information content (AvgIpc) is 3.51. The number of carbonyl (C=O) groups is 1. The maximum Gasteiger partial charge on any atom is 0.424 e. The van der Waals surface area contributed by atoms with Crippen LogP contribution in [0, 0.1) is 0 Å². The van der Waals surface area contributed by atoms with E-state index < -0.39 is 11.5 Å². The molecule has 2 aliphatic rings. The van der Waals surface area contributed by atoms with Gasteiger partial charge in [0.2, 0.25) is 6.71 Å². The summed E-state index contributed by atoms with van der Waals surface area (Å²) < 4.78 is 12.9. The van der Waals surface area contributed by atoms with Crippen molar-refractivity contribution in [3.8, 4) is 16.9 Å². The molecule has 1 amide bonds. The Balaban J connectivity index is 1.32. The Morgan fingerprint density at radius 3 is 2.18 bits per heavy atom. The number of para-hydroxylation sites is 1. The quantitative estimate of drug-likeness (QED) is 0.182. The smallest absolute Gasteiger partial charge is 0.424 e. The molecule has 0 aliphatic carbocycles. The van der Waals surface area contributed by atoms with Crippen molar-refractivity contribution in [1.29, 1.82) is 0 Å². The lowest BCUT2D eigenvalue weighted by molar-refractivity contribution is 0.209. The van der Waals surface area contributed by atoms with Crippen molar-refractivity contribution >= 4 is 73.3 Å². The molecule has 10 rings (SSSR count). The van der Waals surface area contributed by atoms with Gasteiger partial charge in [-0.05, 0) is 51.2 Å². The van der Waals surface area contributed by atoms with Crippen LogP contribution in [0.3, 0.4) is 0 Å². The maximum absolute atomic E-state index is 14.5. The van der Waals surface area contributed by atoms with Gasteiger partial charge in [0, 0.05) is 32.8 Å². The first-order valence-electron chi connectivity index (χ1n) is 16.8. The number of rotatable bonds is 4. The molecule has 7 aromatic carbocycles. The molecule has 1 aromatic heterocycles. The Morgan fingerprint density at radius 2 is 1.35 bits per heavy atom. The van der Waals surface area contributed by atoms with E-state index in [0.29, 0.717) is 5.75 Å². The highest BCUT2D eigenvalue weighted by atomic mass is 16.6. The van der Waals surface area contributed by atoms with E-state index in [9.17, 15) is 4.79 Å². The number of amides is 1. The highest BCUT2D eigenvalue weighted by Crippen LogP contribution is 2.49. The topological polar surface area (TPSA) is 42.7 Å². The van der Waals surface area contributed by atoms with Crippen molar-refractivity contribution in [2.24, 2.45) is 0 Å². The number of hydrogen-bond donors (Lipinski definition) is 0. The molecule has 0 N–H and O–H groups in total. The lowest BCUT2D eigenvalue weighted by Gasteiger charge is -2.40. The molecule has 2 aliphatic heterocycles. The van der Waals surface area contributed by atoms with Crippen LogP contribution in [-0.2, 0) is 5.41 Å². The summed E-state index contributed by atoms with van der Waals surface area (Å²) in [7, 11) is 0. The molecule has 49 heavy (non-hydrogen) atoms. The van der Waals surface area contributed by atoms with Crippen molar-refractivity contribution in [2.75, 3.05) is 4.90 Å². The van der Waals surface area contributed by atoms with Gasteiger partial charge in [-0.25, -0.2) is 9.69 Å². The van der Waals surface area contributed by atoms with E-state index in [-0.39, 0.29) is 6.71 Å². The molecule has 0 radical (unpaired) electrons. The molecule has 0 fully saturated rings. The normalized spacial score (nSPS) is 13.6. The summed E-state index contributed by atoms with van der Waals surface area (Å²) in [5, 5.41) is 3.98.